The first kappa shape index (κ1) is 31.7. The highest BCUT2D eigenvalue weighted by Crippen LogP contribution is 2.36. The molecule has 1 aromatic rings. The Morgan fingerprint density at radius 3 is 2.24 bits per heavy atom. The maximum atomic E-state index is 14.1. The standard InChI is InChI=1S/C27H44N4O6/c1-9-10-16-29-23(34)21(18-13-11-12-17(2)22(18)33)31(26(3,4)5)24(35)19(14-15-20(28)32)30-25(36)37-27(6,7)8/h11-13,19,21,33H,9-10,14-16H2,1-8H3,(H2,28,32)(H,29,34)(H,30,36). The molecule has 2 unspecified atom stereocenters. The van der Waals surface area contributed by atoms with Gasteiger partial charge in [-0.3, -0.25) is 14.4 Å². The Labute approximate surface area is 220 Å². The Kier molecular flexibility index (Phi) is 11.4. The minimum Gasteiger partial charge on any atom is -0.507 e. The lowest BCUT2D eigenvalue weighted by molar-refractivity contribution is -0.148. The zero-order valence-electron chi connectivity index (χ0n) is 23.4. The first-order chi connectivity index (χ1) is 17.0. The number of aromatic hydroxyl groups is 1. The highest BCUT2D eigenvalue weighted by atomic mass is 16.6. The van der Waals surface area contributed by atoms with Gasteiger partial charge in [0.15, 0.2) is 0 Å². The maximum absolute atomic E-state index is 14.1. The van der Waals surface area contributed by atoms with Crippen LogP contribution in [0.5, 0.6) is 5.75 Å². The second kappa shape index (κ2) is 13.3. The number of phenolic OH excluding ortho intramolecular Hbond substituents is 1. The molecule has 0 spiro atoms. The molecule has 0 radical (unpaired) electrons. The lowest BCUT2D eigenvalue weighted by Gasteiger charge is -2.43. The number of aryl methyl sites for hydroxylation is 1. The van der Waals surface area contributed by atoms with Crippen molar-refractivity contribution in [2.24, 2.45) is 5.73 Å². The number of rotatable bonds is 11. The van der Waals surface area contributed by atoms with E-state index in [1.807, 2.05) is 6.92 Å². The van der Waals surface area contributed by atoms with Crippen molar-refractivity contribution in [1.82, 2.24) is 15.5 Å². The van der Waals surface area contributed by atoms with E-state index in [0.29, 0.717) is 12.1 Å². The Hall–Kier alpha value is -3.30. The Bertz CT molecular complexity index is 965. The number of nitrogens with one attached hydrogen (secondary N) is 2. The van der Waals surface area contributed by atoms with Crippen LogP contribution in [0.4, 0.5) is 4.79 Å². The molecular formula is C27H44N4O6. The van der Waals surface area contributed by atoms with Crippen molar-refractivity contribution < 1.29 is 29.0 Å². The highest BCUT2D eigenvalue weighted by Gasteiger charge is 2.42. The zero-order chi connectivity index (χ0) is 28.6. The van der Waals surface area contributed by atoms with E-state index in [2.05, 4.69) is 10.6 Å². The van der Waals surface area contributed by atoms with Crippen molar-refractivity contribution in [3.8, 4) is 5.75 Å². The Morgan fingerprint density at radius 2 is 1.73 bits per heavy atom. The molecule has 2 atom stereocenters. The number of benzene rings is 1. The van der Waals surface area contributed by atoms with Gasteiger partial charge < -0.3 is 31.1 Å². The number of ether oxygens (including phenoxy) is 1. The molecule has 0 heterocycles. The topological polar surface area (TPSA) is 151 Å². The van der Waals surface area contributed by atoms with Crippen LogP contribution >= 0.6 is 0 Å². The summed E-state index contributed by atoms with van der Waals surface area (Å²) in [5.41, 5.74) is 4.38. The third-order valence-corrected chi connectivity index (χ3v) is 5.53. The fourth-order valence-electron chi connectivity index (χ4n) is 3.79. The van der Waals surface area contributed by atoms with Crippen molar-refractivity contribution in [3.05, 3.63) is 29.3 Å². The van der Waals surface area contributed by atoms with Crippen LogP contribution in [0.3, 0.4) is 0 Å². The molecule has 5 N–H and O–H groups in total. The third kappa shape index (κ3) is 9.93. The largest absolute Gasteiger partial charge is 0.507 e. The van der Waals surface area contributed by atoms with Crippen molar-refractivity contribution in [1.29, 1.82) is 0 Å². The van der Waals surface area contributed by atoms with Crippen LogP contribution in [0, 0.1) is 6.92 Å². The molecule has 4 amide bonds. The number of hydrogen-bond donors (Lipinski definition) is 4. The van der Waals surface area contributed by atoms with Gasteiger partial charge in [0.2, 0.25) is 17.7 Å². The summed E-state index contributed by atoms with van der Waals surface area (Å²) in [5, 5.41) is 16.3. The van der Waals surface area contributed by atoms with E-state index in [0.717, 1.165) is 12.8 Å². The van der Waals surface area contributed by atoms with Gasteiger partial charge in [0.1, 0.15) is 23.4 Å². The van der Waals surface area contributed by atoms with Crippen LogP contribution in [0.25, 0.3) is 0 Å². The number of amides is 4. The van der Waals surface area contributed by atoms with Crippen LogP contribution in [0.2, 0.25) is 0 Å². The van der Waals surface area contributed by atoms with E-state index in [1.165, 1.54) is 4.90 Å². The summed E-state index contributed by atoms with van der Waals surface area (Å²) >= 11 is 0. The number of alkyl carbamates (subject to hydrolysis) is 1. The molecule has 1 rings (SSSR count). The van der Waals surface area contributed by atoms with Gasteiger partial charge in [0.05, 0.1) is 0 Å². The number of nitrogens with zero attached hydrogens (tertiary/aromatic N) is 1. The van der Waals surface area contributed by atoms with Gasteiger partial charge in [-0.2, -0.15) is 0 Å². The van der Waals surface area contributed by atoms with Gasteiger partial charge in [-0.05, 0) is 66.9 Å². The number of hydrogen-bond acceptors (Lipinski definition) is 6. The van der Waals surface area contributed by atoms with Gasteiger partial charge in [-0.15, -0.1) is 0 Å². The van der Waals surface area contributed by atoms with Gasteiger partial charge >= 0.3 is 6.09 Å². The number of para-hydroxylation sites is 1. The van der Waals surface area contributed by atoms with Crippen LogP contribution in [0.1, 0.15) is 91.3 Å². The van der Waals surface area contributed by atoms with Gasteiger partial charge in [0, 0.05) is 24.1 Å². The number of carbonyl (C=O) groups is 4. The van der Waals surface area contributed by atoms with Crippen molar-refractivity contribution in [3.63, 3.8) is 0 Å². The fraction of sp³-hybridized carbons (Fsp3) is 0.630. The lowest BCUT2D eigenvalue weighted by atomic mass is 9.93. The summed E-state index contributed by atoms with van der Waals surface area (Å²) in [4.78, 5) is 53.2. The molecule has 0 saturated carbocycles. The molecule has 10 heteroatoms. The summed E-state index contributed by atoms with van der Waals surface area (Å²) in [5.74, 6) is -1.83. The second-order valence-electron chi connectivity index (χ2n) is 11.1. The highest BCUT2D eigenvalue weighted by molar-refractivity contribution is 5.93. The number of unbranched alkanes of at least 4 members (excludes halogenated alkanes) is 1. The van der Waals surface area contributed by atoms with E-state index in [1.54, 1.807) is 66.7 Å². The molecule has 0 aliphatic rings. The SMILES string of the molecule is CCCCNC(=O)C(c1cccc(C)c1O)N(C(=O)C(CCC(N)=O)NC(=O)OC(C)(C)C)C(C)(C)C. The number of phenols is 1. The monoisotopic (exact) mass is 520 g/mol. The Balaban J connectivity index is 3.61. The minimum atomic E-state index is -1.21. The van der Waals surface area contributed by atoms with E-state index in [9.17, 15) is 24.3 Å². The van der Waals surface area contributed by atoms with Gasteiger partial charge in [-0.1, -0.05) is 31.5 Å². The fourth-order valence-corrected chi connectivity index (χ4v) is 3.79. The number of nitrogens with two attached hydrogens (primary N) is 1. The number of primary amides is 1. The summed E-state index contributed by atoms with van der Waals surface area (Å²) < 4.78 is 5.33. The first-order valence-electron chi connectivity index (χ1n) is 12.7. The second-order valence-corrected chi connectivity index (χ2v) is 11.1. The predicted octanol–water partition coefficient (Wildman–Crippen LogP) is 3.44. The summed E-state index contributed by atoms with van der Waals surface area (Å²) in [6.45, 7) is 14.4. The van der Waals surface area contributed by atoms with Crippen molar-refractivity contribution >= 4 is 23.8 Å². The summed E-state index contributed by atoms with van der Waals surface area (Å²) in [7, 11) is 0. The normalized spacial score (nSPS) is 13.3. The van der Waals surface area contributed by atoms with Gasteiger partial charge in [-0.25, -0.2) is 4.79 Å². The summed E-state index contributed by atoms with van der Waals surface area (Å²) in [6.07, 6.45) is 0.490. The number of carbonyl (C=O) groups excluding carboxylic acids is 4. The maximum Gasteiger partial charge on any atom is 0.408 e. The average molecular weight is 521 g/mol. The molecule has 208 valence electrons. The molecule has 37 heavy (non-hydrogen) atoms. The molecular weight excluding hydrogens is 476 g/mol. The van der Waals surface area contributed by atoms with Crippen molar-refractivity contribution in [2.45, 2.75) is 104 Å². The quantitative estimate of drug-likeness (QED) is 0.328. The molecule has 0 aliphatic heterocycles. The van der Waals surface area contributed by atoms with E-state index >= 15 is 0 Å². The molecule has 0 aliphatic carbocycles. The average Bonchev–Trinajstić information content (AvgIpc) is 2.74. The first-order valence-corrected chi connectivity index (χ1v) is 12.7. The molecule has 0 saturated heterocycles. The Morgan fingerprint density at radius 1 is 1.11 bits per heavy atom. The molecule has 0 fully saturated rings. The minimum absolute atomic E-state index is 0.0933. The van der Waals surface area contributed by atoms with Crippen LogP contribution < -0.4 is 16.4 Å². The lowest BCUT2D eigenvalue weighted by Crippen LogP contribution is -2.58. The van der Waals surface area contributed by atoms with Crippen LogP contribution in [0.15, 0.2) is 18.2 Å². The smallest absolute Gasteiger partial charge is 0.408 e. The van der Waals surface area contributed by atoms with Crippen molar-refractivity contribution in [2.75, 3.05) is 6.54 Å². The molecule has 1 aromatic carbocycles. The zero-order valence-corrected chi connectivity index (χ0v) is 23.4. The van der Waals surface area contributed by atoms with Crippen LogP contribution in [-0.2, 0) is 19.1 Å². The van der Waals surface area contributed by atoms with E-state index in [4.69, 9.17) is 10.5 Å². The summed E-state index contributed by atoms with van der Waals surface area (Å²) in [6, 6.07) is 2.58. The molecule has 0 bridgehead atoms. The third-order valence-electron chi connectivity index (χ3n) is 5.53. The predicted molar refractivity (Wildman–Crippen MR) is 142 cm³/mol. The van der Waals surface area contributed by atoms with E-state index in [-0.39, 0.29) is 24.2 Å². The van der Waals surface area contributed by atoms with Gasteiger partial charge in [0.25, 0.3) is 0 Å². The molecule has 10 nitrogen and oxygen atoms in total. The molecule has 0 aromatic heterocycles. The van der Waals surface area contributed by atoms with Crippen LogP contribution in [-0.4, -0.2) is 57.5 Å². The van der Waals surface area contributed by atoms with E-state index < -0.39 is 47.0 Å².